The number of nitrogens with one attached hydrogen (secondary N) is 1. The van der Waals surface area contributed by atoms with Gasteiger partial charge in [-0.1, -0.05) is 0 Å². The molecule has 17 heavy (non-hydrogen) atoms. The Balaban J connectivity index is 1.67. The number of likely N-dealkylation sites (tertiary alicyclic amines) is 1. The quantitative estimate of drug-likeness (QED) is 0.825. The van der Waals surface area contributed by atoms with Gasteiger partial charge in [0.1, 0.15) is 6.33 Å². The molecule has 0 aromatic carbocycles. The number of nitrogens with zero attached hydrogens (tertiary/aromatic N) is 4. The molecule has 0 bridgehead atoms. The van der Waals surface area contributed by atoms with Crippen molar-refractivity contribution in [3.63, 3.8) is 0 Å². The summed E-state index contributed by atoms with van der Waals surface area (Å²) in [6.07, 6.45) is 6.53. The summed E-state index contributed by atoms with van der Waals surface area (Å²) in [5.41, 5.74) is 0. The summed E-state index contributed by atoms with van der Waals surface area (Å²) in [5.74, 6) is 0.936. The number of aryl methyl sites for hydroxylation is 1. The molecular formula is C12H23N5. The Morgan fingerprint density at radius 2 is 2.24 bits per heavy atom. The molecule has 1 unspecified atom stereocenters. The molecule has 5 nitrogen and oxygen atoms in total. The van der Waals surface area contributed by atoms with Crippen LogP contribution < -0.4 is 5.32 Å². The lowest BCUT2D eigenvalue weighted by Gasteiger charge is -2.16. The average molecular weight is 237 g/mol. The molecule has 1 aromatic rings. The average Bonchev–Trinajstić information content (AvgIpc) is 2.59. The first-order valence-corrected chi connectivity index (χ1v) is 6.50. The molecule has 1 aliphatic rings. The van der Waals surface area contributed by atoms with Crippen LogP contribution in [-0.4, -0.2) is 52.4 Å². The molecule has 1 atom stereocenters. The van der Waals surface area contributed by atoms with Gasteiger partial charge in [-0.2, -0.15) is 5.10 Å². The standard InChI is InChI=1S/C12H23N5/c1-16-8-3-4-11(6-9-16)13-7-5-12-14-10-17(2)15-12/h10-11,13H,3-9H2,1-2H3. The van der Waals surface area contributed by atoms with Gasteiger partial charge in [-0.25, -0.2) is 4.98 Å². The van der Waals surface area contributed by atoms with Crippen LogP contribution >= 0.6 is 0 Å². The van der Waals surface area contributed by atoms with Crippen molar-refractivity contribution < 1.29 is 0 Å². The van der Waals surface area contributed by atoms with Crippen LogP contribution in [0.25, 0.3) is 0 Å². The molecule has 2 heterocycles. The molecule has 5 heteroatoms. The zero-order valence-corrected chi connectivity index (χ0v) is 10.9. The second kappa shape index (κ2) is 6.12. The van der Waals surface area contributed by atoms with E-state index in [0.717, 1.165) is 18.8 Å². The predicted octanol–water partition coefficient (Wildman–Crippen LogP) is 0.431. The Hall–Kier alpha value is -0.940. The van der Waals surface area contributed by atoms with Crippen LogP contribution in [0.5, 0.6) is 0 Å². The third-order valence-electron chi connectivity index (χ3n) is 3.38. The topological polar surface area (TPSA) is 46.0 Å². The van der Waals surface area contributed by atoms with Gasteiger partial charge in [0.25, 0.3) is 0 Å². The SMILES string of the molecule is CN1CCCC(NCCc2ncn(C)n2)CC1. The molecule has 1 aliphatic heterocycles. The lowest BCUT2D eigenvalue weighted by molar-refractivity contribution is 0.344. The normalized spacial score (nSPS) is 22.6. The van der Waals surface area contributed by atoms with Gasteiger partial charge in [-0.3, -0.25) is 4.68 Å². The highest BCUT2D eigenvalue weighted by Gasteiger charge is 2.13. The fraction of sp³-hybridized carbons (Fsp3) is 0.833. The van der Waals surface area contributed by atoms with E-state index < -0.39 is 0 Å². The molecule has 2 rings (SSSR count). The zero-order chi connectivity index (χ0) is 12.1. The molecule has 1 N–H and O–H groups in total. The fourth-order valence-corrected chi connectivity index (χ4v) is 2.33. The van der Waals surface area contributed by atoms with Gasteiger partial charge in [0, 0.05) is 26.1 Å². The van der Waals surface area contributed by atoms with Gasteiger partial charge in [-0.05, 0) is 39.4 Å². The van der Waals surface area contributed by atoms with E-state index in [4.69, 9.17) is 0 Å². The number of hydrogen-bond donors (Lipinski definition) is 1. The van der Waals surface area contributed by atoms with Crippen molar-refractivity contribution in [2.75, 3.05) is 26.7 Å². The van der Waals surface area contributed by atoms with Crippen molar-refractivity contribution in [1.82, 2.24) is 25.0 Å². The highest BCUT2D eigenvalue weighted by Crippen LogP contribution is 2.09. The van der Waals surface area contributed by atoms with Gasteiger partial charge >= 0.3 is 0 Å². The van der Waals surface area contributed by atoms with Crippen LogP contribution in [0.15, 0.2) is 6.33 Å². The zero-order valence-electron chi connectivity index (χ0n) is 10.9. The van der Waals surface area contributed by atoms with Crippen molar-refractivity contribution in [2.45, 2.75) is 31.7 Å². The van der Waals surface area contributed by atoms with Crippen LogP contribution in [0.3, 0.4) is 0 Å². The highest BCUT2D eigenvalue weighted by atomic mass is 15.3. The minimum absolute atomic E-state index is 0.670. The number of hydrogen-bond acceptors (Lipinski definition) is 4. The summed E-state index contributed by atoms with van der Waals surface area (Å²) >= 11 is 0. The maximum atomic E-state index is 4.28. The van der Waals surface area contributed by atoms with Gasteiger partial charge in [0.2, 0.25) is 0 Å². The van der Waals surface area contributed by atoms with E-state index >= 15 is 0 Å². The molecule has 1 fully saturated rings. The van der Waals surface area contributed by atoms with Gasteiger partial charge in [0.15, 0.2) is 5.82 Å². The Morgan fingerprint density at radius 3 is 3.00 bits per heavy atom. The van der Waals surface area contributed by atoms with Crippen molar-refractivity contribution in [3.8, 4) is 0 Å². The van der Waals surface area contributed by atoms with Gasteiger partial charge < -0.3 is 10.2 Å². The minimum Gasteiger partial charge on any atom is -0.313 e. The maximum Gasteiger partial charge on any atom is 0.151 e. The molecule has 0 amide bonds. The molecule has 0 radical (unpaired) electrons. The van der Waals surface area contributed by atoms with E-state index in [2.05, 4.69) is 27.3 Å². The predicted molar refractivity (Wildman–Crippen MR) is 67.8 cm³/mol. The van der Waals surface area contributed by atoms with E-state index in [1.165, 1.54) is 32.4 Å². The first kappa shape index (κ1) is 12.5. The largest absolute Gasteiger partial charge is 0.313 e. The number of aromatic nitrogens is 3. The molecule has 96 valence electrons. The second-order valence-electron chi connectivity index (χ2n) is 4.97. The first-order chi connectivity index (χ1) is 8.24. The summed E-state index contributed by atoms with van der Waals surface area (Å²) < 4.78 is 1.76. The third-order valence-corrected chi connectivity index (χ3v) is 3.38. The van der Waals surface area contributed by atoms with Crippen molar-refractivity contribution in [3.05, 3.63) is 12.2 Å². The Labute approximate surface area is 103 Å². The Kier molecular flexibility index (Phi) is 4.50. The second-order valence-corrected chi connectivity index (χ2v) is 4.97. The highest BCUT2D eigenvalue weighted by molar-refractivity contribution is 4.83. The van der Waals surface area contributed by atoms with Crippen molar-refractivity contribution in [2.24, 2.45) is 7.05 Å². The van der Waals surface area contributed by atoms with E-state index in [-0.39, 0.29) is 0 Å². The van der Waals surface area contributed by atoms with Gasteiger partial charge in [-0.15, -0.1) is 0 Å². The first-order valence-electron chi connectivity index (χ1n) is 6.50. The molecule has 1 saturated heterocycles. The summed E-state index contributed by atoms with van der Waals surface area (Å²) in [6, 6.07) is 0.670. The van der Waals surface area contributed by atoms with E-state index in [9.17, 15) is 0 Å². The number of rotatable bonds is 4. The maximum absolute atomic E-state index is 4.28. The van der Waals surface area contributed by atoms with Crippen LogP contribution in [0, 0.1) is 0 Å². The summed E-state index contributed by atoms with van der Waals surface area (Å²) in [4.78, 5) is 6.65. The molecule has 0 aliphatic carbocycles. The van der Waals surface area contributed by atoms with Crippen LogP contribution in [0.1, 0.15) is 25.1 Å². The van der Waals surface area contributed by atoms with Crippen LogP contribution in [-0.2, 0) is 13.5 Å². The van der Waals surface area contributed by atoms with Crippen molar-refractivity contribution >= 4 is 0 Å². The lowest BCUT2D eigenvalue weighted by Crippen LogP contribution is -2.32. The molecule has 0 saturated carbocycles. The Bertz CT molecular complexity index is 335. The summed E-state index contributed by atoms with van der Waals surface area (Å²) in [5, 5.41) is 7.91. The van der Waals surface area contributed by atoms with Crippen LogP contribution in [0.2, 0.25) is 0 Å². The van der Waals surface area contributed by atoms with E-state index in [1.807, 2.05) is 7.05 Å². The minimum atomic E-state index is 0.670. The summed E-state index contributed by atoms with van der Waals surface area (Å²) in [7, 11) is 4.12. The molecule has 0 spiro atoms. The van der Waals surface area contributed by atoms with E-state index in [1.54, 1.807) is 11.0 Å². The molecule has 1 aromatic heterocycles. The summed E-state index contributed by atoms with van der Waals surface area (Å²) in [6.45, 7) is 3.43. The van der Waals surface area contributed by atoms with Gasteiger partial charge in [0.05, 0.1) is 0 Å². The molecular weight excluding hydrogens is 214 g/mol. The monoisotopic (exact) mass is 237 g/mol. The van der Waals surface area contributed by atoms with E-state index in [0.29, 0.717) is 6.04 Å². The van der Waals surface area contributed by atoms with Crippen molar-refractivity contribution in [1.29, 1.82) is 0 Å². The lowest BCUT2D eigenvalue weighted by atomic mass is 10.1. The third kappa shape index (κ3) is 4.09. The smallest absolute Gasteiger partial charge is 0.151 e. The fourth-order valence-electron chi connectivity index (χ4n) is 2.33. The Morgan fingerprint density at radius 1 is 1.35 bits per heavy atom. The van der Waals surface area contributed by atoms with Crippen LogP contribution in [0.4, 0.5) is 0 Å².